The number of rotatable bonds is 8. The average molecular weight is 538 g/mol. The van der Waals surface area contributed by atoms with Crippen LogP contribution in [0.5, 0.6) is 0 Å². The molecule has 0 amide bonds. The van der Waals surface area contributed by atoms with Gasteiger partial charge in [-0.2, -0.15) is 0 Å². The molecule has 6 nitrogen and oxygen atoms in total. The predicted molar refractivity (Wildman–Crippen MR) is 124 cm³/mol. The van der Waals surface area contributed by atoms with Gasteiger partial charge < -0.3 is 14.8 Å². The summed E-state index contributed by atoms with van der Waals surface area (Å²) in [5, 5.41) is 2.94. The Kier molecular flexibility index (Phi) is 8.56. The number of anilines is 1. The number of ether oxygens (including phenoxy) is 2. The van der Waals surface area contributed by atoms with Crippen molar-refractivity contribution in [1.29, 1.82) is 0 Å². The maximum Gasteiger partial charge on any atom is 0.343 e. The first-order valence-electron chi connectivity index (χ1n) is 10.0. The summed E-state index contributed by atoms with van der Waals surface area (Å²) in [6.45, 7) is 5.16. The summed E-state index contributed by atoms with van der Waals surface area (Å²) in [5.74, 6) is -2.21. The number of benzene rings is 2. The molecule has 0 unspecified atom stereocenters. The second kappa shape index (κ2) is 11.4. The van der Waals surface area contributed by atoms with E-state index in [-0.39, 0.29) is 17.7 Å². The lowest BCUT2D eigenvalue weighted by Crippen LogP contribution is -2.35. The number of morpholine rings is 1. The molecule has 1 saturated heterocycles. The lowest BCUT2D eigenvalue weighted by Gasteiger charge is -2.26. The van der Waals surface area contributed by atoms with Crippen molar-refractivity contribution in [2.45, 2.75) is 13.5 Å². The molecule has 0 atom stereocenters. The Morgan fingerprint density at radius 2 is 2.00 bits per heavy atom. The van der Waals surface area contributed by atoms with E-state index >= 15 is 0 Å². The Morgan fingerprint density at radius 1 is 1.23 bits per heavy atom. The van der Waals surface area contributed by atoms with Crippen molar-refractivity contribution in [3.63, 3.8) is 0 Å². The van der Waals surface area contributed by atoms with Gasteiger partial charge in [0.05, 0.1) is 25.4 Å². The number of ketones is 1. The molecule has 164 valence electrons. The van der Waals surface area contributed by atoms with Gasteiger partial charge in [0.15, 0.2) is 0 Å². The number of hydrogen-bond acceptors (Lipinski definition) is 6. The highest BCUT2D eigenvalue weighted by Crippen LogP contribution is 2.19. The highest BCUT2D eigenvalue weighted by molar-refractivity contribution is 14.1. The molecule has 31 heavy (non-hydrogen) atoms. The highest BCUT2D eigenvalue weighted by Gasteiger charge is 2.24. The highest BCUT2D eigenvalue weighted by atomic mass is 127. The zero-order valence-electron chi connectivity index (χ0n) is 17.2. The standard InChI is InChI=1S/C23H24FIN2O4/c1-2-31-23(29)20(14-26-18-5-3-4-17(25)13-18)22(28)19-12-16(6-7-21(19)24)15-27-8-10-30-11-9-27/h3-7,12-14,26H,2,8-11,15H2,1H3. The minimum atomic E-state index is -0.802. The summed E-state index contributed by atoms with van der Waals surface area (Å²) in [7, 11) is 0. The SMILES string of the molecule is CCOC(=O)C(=CNc1cccc(I)c1)C(=O)c1cc(CN2CCOCC2)ccc1F. The van der Waals surface area contributed by atoms with Crippen molar-refractivity contribution in [2.75, 3.05) is 38.2 Å². The number of carbonyl (C=O) groups is 2. The Balaban J connectivity index is 1.86. The molecule has 1 aliphatic heterocycles. The summed E-state index contributed by atoms with van der Waals surface area (Å²) in [6.07, 6.45) is 1.28. The fourth-order valence-electron chi connectivity index (χ4n) is 3.17. The van der Waals surface area contributed by atoms with Crippen LogP contribution in [0.4, 0.5) is 10.1 Å². The van der Waals surface area contributed by atoms with Crippen LogP contribution in [0.15, 0.2) is 54.2 Å². The van der Waals surface area contributed by atoms with Gasteiger partial charge in [-0.15, -0.1) is 0 Å². The number of hydrogen-bond donors (Lipinski definition) is 1. The molecule has 0 bridgehead atoms. The average Bonchev–Trinajstić information content (AvgIpc) is 2.76. The van der Waals surface area contributed by atoms with Gasteiger partial charge in [0.25, 0.3) is 0 Å². The first-order valence-corrected chi connectivity index (χ1v) is 11.1. The molecule has 1 heterocycles. The van der Waals surface area contributed by atoms with E-state index in [1.807, 2.05) is 18.2 Å². The second-order valence-corrected chi connectivity index (χ2v) is 8.21. The molecule has 0 saturated carbocycles. The fraction of sp³-hybridized carbons (Fsp3) is 0.304. The van der Waals surface area contributed by atoms with Gasteiger partial charge in [-0.05, 0) is 65.4 Å². The predicted octanol–water partition coefficient (Wildman–Crippen LogP) is 4.00. The van der Waals surface area contributed by atoms with E-state index in [2.05, 4.69) is 32.8 Å². The zero-order chi connectivity index (χ0) is 22.2. The molecule has 1 fully saturated rings. The second-order valence-electron chi connectivity index (χ2n) is 6.97. The van der Waals surface area contributed by atoms with Gasteiger partial charge >= 0.3 is 5.97 Å². The van der Waals surface area contributed by atoms with Crippen molar-refractivity contribution < 1.29 is 23.5 Å². The number of nitrogens with one attached hydrogen (secondary N) is 1. The summed E-state index contributed by atoms with van der Waals surface area (Å²) in [4.78, 5) is 27.8. The van der Waals surface area contributed by atoms with Gasteiger partial charge in [0.1, 0.15) is 11.4 Å². The first kappa shape index (κ1) is 23.4. The molecule has 1 N–H and O–H groups in total. The molecular weight excluding hydrogens is 514 g/mol. The van der Waals surface area contributed by atoms with Gasteiger partial charge in [-0.1, -0.05) is 12.1 Å². The molecule has 3 rings (SSSR count). The lowest BCUT2D eigenvalue weighted by molar-refractivity contribution is -0.138. The maximum absolute atomic E-state index is 14.6. The van der Waals surface area contributed by atoms with Crippen LogP contribution >= 0.6 is 22.6 Å². The van der Waals surface area contributed by atoms with E-state index in [9.17, 15) is 14.0 Å². The van der Waals surface area contributed by atoms with E-state index in [1.165, 1.54) is 18.3 Å². The number of esters is 1. The molecule has 0 radical (unpaired) electrons. The first-order chi connectivity index (χ1) is 15.0. The lowest BCUT2D eigenvalue weighted by atomic mass is 10.0. The van der Waals surface area contributed by atoms with Gasteiger partial charge in [-0.3, -0.25) is 9.69 Å². The van der Waals surface area contributed by atoms with Crippen LogP contribution in [-0.2, 0) is 20.8 Å². The van der Waals surface area contributed by atoms with Crippen LogP contribution in [-0.4, -0.2) is 49.6 Å². The van der Waals surface area contributed by atoms with Crippen LogP contribution in [0.3, 0.4) is 0 Å². The largest absolute Gasteiger partial charge is 0.462 e. The molecule has 0 aliphatic carbocycles. The summed E-state index contributed by atoms with van der Waals surface area (Å²) >= 11 is 2.16. The van der Waals surface area contributed by atoms with Crippen molar-refractivity contribution in [2.24, 2.45) is 0 Å². The Morgan fingerprint density at radius 3 is 2.71 bits per heavy atom. The van der Waals surface area contributed by atoms with E-state index < -0.39 is 17.6 Å². The summed E-state index contributed by atoms with van der Waals surface area (Å²) in [5.41, 5.74) is 1.07. The van der Waals surface area contributed by atoms with Gasteiger partial charge in [0, 0.05) is 35.1 Å². The van der Waals surface area contributed by atoms with Gasteiger partial charge in [-0.25, -0.2) is 9.18 Å². The van der Waals surface area contributed by atoms with Crippen molar-refractivity contribution in [1.82, 2.24) is 4.90 Å². The van der Waals surface area contributed by atoms with Crippen molar-refractivity contribution >= 4 is 40.0 Å². The van der Waals surface area contributed by atoms with Crippen molar-refractivity contribution in [3.8, 4) is 0 Å². The minimum Gasteiger partial charge on any atom is -0.462 e. The number of nitrogens with zero attached hydrogens (tertiary/aromatic N) is 1. The smallest absolute Gasteiger partial charge is 0.343 e. The van der Waals surface area contributed by atoms with Crippen LogP contribution in [0.1, 0.15) is 22.8 Å². The maximum atomic E-state index is 14.6. The molecular formula is C23H24FIN2O4. The summed E-state index contributed by atoms with van der Waals surface area (Å²) in [6, 6.07) is 11.8. The van der Waals surface area contributed by atoms with E-state index in [1.54, 1.807) is 19.1 Å². The third kappa shape index (κ3) is 6.59. The molecule has 0 aromatic heterocycles. The topological polar surface area (TPSA) is 67.9 Å². The molecule has 2 aromatic carbocycles. The van der Waals surface area contributed by atoms with Crippen LogP contribution < -0.4 is 5.32 Å². The normalized spacial score (nSPS) is 14.9. The molecule has 2 aromatic rings. The Hall–Kier alpha value is -2.30. The Labute approximate surface area is 194 Å². The van der Waals surface area contributed by atoms with E-state index in [0.29, 0.717) is 25.4 Å². The monoisotopic (exact) mass is 538 g/mol. The van der Waals surface area contributed by atoms with Crippen LogP contribution in [0, 0.1) is 9.39 Å². The zero-order valence-corrected chi connectivity index (χ0v) is 19.4. The van der Waals surface area contributed by atoms with Crippen molar-refractivity contribution in [3.05, 3.63) is 74.8 Å². The van der Waals surface area contributed by atoms with Gasteiger partial charge in [0.2, 0.25) is 5.78 Å². The third-order valence-corrected chi connectivity index (χ3v) is 5.40. The quantitative estimate of drug-likeness (QED) is 0.137. The van der Waals surface area contributed by atoms with E-state index in [4.69, 9.17) is 9.47 Å². The number of halogens is 2. The fourth-order valence-corrected chi connectivity index (χ4v) is 3.71. The molecule has 1 aliphatic rings. The number of Topliss-reactive ketones (excluding diaryl/α,β-unsaturated/α-hetero) is 1. The molecule has 8 heteroatoms. The minimum absolute atomic E-state index is 0.103. The Bertz CT molecular complexity index is 974. The number of carbonyl (C=O) groups excluding carboxylic acids is 2. The summed E-state index contributed by atoms with van der Waals surface area (Å²) < 4.78 is 25.9. The third-order valence-electron chi connectivity index (χ3n) is 4.73. The molecule has 0 spiro atoms. The van der Waals surface area contributed by atoms with Crippen LogP contribution in [0.2, 0.25) is 0 Å². The van der Waals surface area contributed by atoms with Crippen LogP contribution in [0.25, 0.3) is 0 Å². The van der Waals surface area contributed by atoms with E-state index in [0.717, 1.165) is 22.2 Å².